The van der Waals surface area contributed by atoms with Gasteiger partial charge >= 0.3 is 0 Å². The van der Waals surface area contributed by atoms with Crippen molar-refractivity contribution in [2.45, 2.75) is 59.8 Å². The fourth-order valence-electron chi connectivity index (χ4n) is 1.26. The Morgan fingerprint density at radius 2 is 1.79 bits per heavy atom. The van der Waals surface area contributed by atoms with E-state index in [0.717, 1.165) is 5.92 Å². The topological polar surface area (TPSA) is 0 Å². The number of rotatable bonds is 7. The summed E-state index contributed by atoms with van der Waals surface area (Å²) in [5.74, 6) is 0.757. The minimum Gasteiger partial charge on any atom is -0.0883 e. The van der Waals surface area contributed by atoms with Crippen LogP contribution in [-0.2, 0) is 0 Å². The summed E-state index contributed by atoms with van der Waals surface area (Å²) in [5.41, 5.74) is 1.44. The largest absolute Gasteiger partial charge is 0.0883 e. The van der Waals surface area contributed by atoms with Crippen LogP contribution < -0.4 is 0 Å². The van der Waals surface area contributed by atoms with Gasteiger partial charge in [0.25, 0.3) is 0 Å². The van der Waals surface area contributed by atoms with E-state index in [0.29, 0.717) is 0 Å². The van der Waals surface area contributed by atoms with E-state index in [1.165, 1.54) is 37.7 Å². The number of hydrogen-bond donors (Lipinski definition) is 0. The summed E-state index contributed by atoms with van der Waals surface area (Å²) in [4.78, 5) is 0. The molecule has 0 nitrogen and oxygen atoms in total. The first-order valence-electron chi connectivity index (χ1n) is 5.96. The highest BCUT2D eigenvalue weighted by molar-refractivity contribution is 4.92. The lowest BCUT2D eigenvalue weighted by Crippen LogP contribution is -1.83. The molecule has 0 aliphatic heterocycles. The van der Waals surface area contributed by atoms with Crippen LogP contribution in [0.2, 0.25) is 0 Å². The Kier molecular flexibility index (Phi) is 8.72. The quantitative estimate of drug-likeness (QED) is 0.390. The molecule has 1 unspecified atom stereocenters. The van der Waals surface area contributed by atoms with E-state index in [2.05, 4.69) is 45.9 Å². The highest BCUT2D eigenvalue weighted by Gasteiger charge is 1.89. The van der Waals surface area contributed by atoms with Gasteiger partial charge in [-0.2, -0.15) is 0 Å². The van der Waals surface area contributed by atoms with Gasteiger partial charge in [0.2, 0.25) is 0 Å². The van der Waals surface area contributed by atoms with Crippen molar-refractivity contribution in [2.75, 3.05) is 0 Å². The van der Waals surface area contributed by atoms with Crippen molar-refractivity contribution in [3.05, 3.63) is 23.8 Å². The van der Waals surface area contributed by atoms with Crippen molar-refractivity contribution in [3.8, 4) is 0 Å². The molecule has 0 aliphatic carbocycles. The average molecular weight is 194 g/mol. The van der Waals surface area contributed by atoms with Crippen LogP contribution in [0.25, 0.3) is 0 Å². The number of unbranched alkanes of at least 4 members (excludes halogenated alkanes) is 3. The van der Waals surface area contributed by atoms with Gasteiger partial charge in [0.1, 0.15) is 0 Å². The lowest BCUT2D eigenvalue weighted by Gasteiger charge is -1.99. The van der Waals surface area contributed by atoms with Gasteiger partial charge in [-0.05, 0) is 45.4 Å². The van der Waals surface area contributed by atoms with Crippen molar-refractivity contribution < 1.29 is 0 Å². The molecule has 0 aromatic carbocycles. The Hall–Kier alpha value is -0.520. The standard InChI is InChI=1S/C14H26/c1-5-14(4)12-10-8-6-7-9-11-13(2)3/h10-12,14H,5-9H2,1-4H3. The molecule has 0 radical (unpaired) electrons. The molecule has 0 rings (SSSR count). The number of hydrogen-bond acceptors (Lipinski definition) is 0. The molecule has 0 spiro atoms. The van der Waals surface area contributed by atoms with Crippen molar-refractivity contribution in [3.63, 3.8) is 0 Å². The van der Waals surface area contributed by atoms with Crippen molar-refractivity contribution >= 4 is 0 Å². The average Bonchev–Trinajstić information content (AvgIpc) is 2.15. The van der Waals surface area contributed by atoms with Gasteiger partial charge in [-0.1, -0.05) is 44.1 Å². The minimum absolute atomic E-state index is 0.757. The predicted octanol–water partition coefficient (Wildman–Crippen LogP) is 5.12. The van der Waals surface area contributed by atoms with E-state index < -0.39 is 0 Å². The molecule has 0 amide bonds. The van der Waals surface area contributed by atoms with Crippen LogP contribution in [0.3, 0.4) is 0 Å². The second kappa shape index (κ2) is 9.05. The summed E-state index contributed by atoms with van der Waals surface area (Å²) < 4.78 is 0. The summed E-state index contributed by atoms with van der Waals surface area (Å²) in [5, 5.41) is 0. The third-order valence-electron chi connectivity index (χ3n) is 2.49. The van der Waals surface area contributed by atoms with Gasteiger partial charge in [-0.3, -0.25) is 0 Å². The maximum absolute atomic E-state index is 2.35. The Morgan fingerprint density at radius 3 is 2.36 bits per heavy atom. The normalized spacial score (nSPS) is 13.1. The van der Waals surface area contributed by atoms with Gasteiger partial charge in [0, 0.05) is 0 Å². The van der Waals surface area contributed by atoms with Gasteiger partial charge in [0.05, 0.1) is 0 Å². The van der Waals surface area contributed by atoms with E-state index in [4.69, 9.17) is 0 Å². The molecule has 0 heterocycles. The summed E-state index contributed by atoms with van der Waals surface area (Å²) >= 11 is 0. The van der Waals surface area contributed by atoms with Gasteiger partial charge < -0.3 is 0 Å². The van der Waals surface area contributed by atoms with Crippen molar-refractivity contribution in [1.29, 1.82) is 0 Å². The molecule has 0 N–H and O–H groups in total. The van der Waals surface area contributed by atoms with Gasteiger partial charge in [0.15, 0.2) is 0 Å². The molecule has 0 aliphatic rings. The molecule has 0 saturated heterocycles. The van der Waals surface area contributed by atoms with Crippen LogP contribution in [0.5, 0.6) is 0 Å². The van der Waals surface area contributed by atoms with Crippen LogP contribution >= 0.6 is 0 Å². The first-order valence-corrected chi connectivity index (χ1v) is 5.96. The minimum atomic E-state index is 0.757. The van der Waals surface area contributed by atoms with E-state index >= 15 is 0 Å². The van der Waals surface area contributed by atoms with Crippen LogP contribution in [-0.4, -0.2) is 0 Å². The van der Waals surface area contributed by atoms with Crippen LogP contribution in [0.4, 0.5) is 0 Å². The Balaban J connectivity index is 3.29. The van der Waals surface area contributed by atoms with E-state index in [-0.39, 0.29) is 0 Å². The first-order chi connectivity index (χ1) is 6.66. The molecule has 14 heavy (non-hydrogen) atoms. The van der Waals surface area contributed by atoms with Gasteiger partial charge in [-0.25, -0.2) is 0 Å². The molecule has 0 fully saturated rings. The summed E-state index contributed by atoms with van der Waals surface area (Å²) in [6, 6.07) is 0. The Morgan fingerprint density at radius 1 is 1.14 bits per heavy atom. The molecule has 0 bridgehead atoms. The summed E-state index contributed by atoms with van der Waals surface area (Å²) in [6.07, 6.45) is 13.4. The monoisotopic (exact) mass is 194 g/mol. The Labute approximate surface area is 90.1 Å². The Bertz CT molecular complexity index is 170. The maximum Gasteiger partial charge on any atom is -0.0265 e. The molecule has 0 heteroatoms. The van der Waals surface area contributed by atoms with Crippen LogP contribution in [0, 0.1) is 5.92 Å². The van der Waals surface area contributed by atoms with E-state index in [1.807, 2.05) is 0 Å². The second-order valence-electron chi connectivity index (χ2n) is 4.38. The third kappa shape index (κ3) is 9.57. The molecule has 82 valence electrons. The number of allylic oxidation sites excluding steroid dienone is 4. The fourth-order valence-corrected chi connectivity index (χ4v) is 1.26. The molecular weight excluding hydrogens is 168 g/mol. The lowest BCUT2D eigenvalue weighted by molar-refractivity contribution is 0.689. The molecule has 0 aromatic heterocycles. The predicted molar refractivity (Wildman–Crippen MR) is 66.5 cm³/mol. The van der Waals surface area contributed by atoms with Crippen molar-refractivity contribution in [1.82, 2.24) is 0 Å². The second-order valence-corrected chi connectivity index (χ2v) is 4.38. The van der Waals surface area contributed by atoms with Crippen LogP contribution in [0.15, 0.2) is 23.8 Å². The lowest BCUT2D eigenvalue weighted by atomic mass is 10.1. The highest BCUT2D eigenvalue weighted by Crippen LogP contribution is 2.07. The smallest absolute Gasteiger partial charge is 0.0265 e. The third-order valence-corrected chi connectivity index (χ3v) is 2.49. The van der Waals surface area contributed by atoms with E-state index in [1.54, 1.807) is 0 Å². The summed E-state index contributed by atoms with van der Waals surface area (Å²) in [6.45, 7) is 8.86. The van der Waals surface area contributed by atoms with E-state index in [9.17, 15) is 0 Å². The molecule has 0 aromatic rings. The van der Waals surface area contributed by atoms with Crippen molar-refractivity contribution in [2.24, 2.45) is 5.92 Å². The van der Waals surface area contributed by atoms with Crippen LogP contribution in [0.1, 0.15) is 59.8 Å². The zero-order valence-electron chi connectivity index (χ0n) is 10.3. The first kappa shape index (κ1) is 13.5. The summed E-state index contributed by atoms with van der Waals surface area (Å²) in [7, 11) is 0. The SMILES string of the molecule is CCC(C)C=CCCCCC=C(C)C. The molecular formula is C14H26. The fraction of sp³-hybridized carbons (Fsp3) is 0.714. The molecule has 0 saturated carbocycles. The maximum atomic E-state index is 2.35. The zero-order valence-corrected chi connectivity index (χ0v) is 10.3. The van der Waals surface area contributed by atoms with Gasteiger partial charge in [-0.15, -0.1) is 0 Å². The highest BCUT2D eigenvalue weighted by atomic mass is 14.0. The zero-order chi connectivity index (χ0) is 10.8. The molecule has 1 atom stereocenters.